The van der Waals surface area contributed by atoms with Crippen molar-refractivity contribution >= 4 is 11.9 Å². The van der Waals surface area contributed by atoms with Gasteiger partial charge in [0.1, 0.15) is 37.7 Å². The van der Waals surface area contributed by atoms with Crippen LogP contribution in [0.1, 0.15) is 20.7 Å². The van der Waals surface area contributed by atoms with Crippen LogP contribution in [0.5, 0.6) is 0 Å². The molecule has 0 heterocycles. The molecule has 0 aliphatic heterocycles. The smallest absolute Gasteiger partial charge is 0.338 e. The van der Waals surface area contributed by atoms with Gasteiger partial charge in [0.25, 0.3) is 0 Å². The van der Waals surface area contributed by atoms with Crippen LogP contribution in [0.4, 0.5) is 8.78 Å². The summed E-state index contributed by atoms with van der Waals surface area (Å²) in [6.07, 6.45) is -0.819. The number of esters is 2. The van der Waals surface area contributed by atoms with Crippen LogP contribution in [0.2, 0.25) is 0 Å². The molecule has 0 saturated heterocycles. The van der Waals surface area contributed by atoms with E-state index >= 15 is 0 Å². The van der Waals surface area contributed by atoms with Crippen molar-refractivity contribution in [2.45, 2.75) is 6.10 Å². The Labute approximate surface area is 154 Å². The highest BCUT2D eigenvalue weighted by molar-refractivity contribution is 5.89. The highest BCUT2D eigenvalue weighted by atomic mass is 19.1. The number of methoxy groups -OCH3 is 1. The molecule has 0 aliphatic rings. The summed E-state index contributed by atoms with van der Waals surface area (Å²) >= 11 is 0. The van der Waals surface area contributed by atoms with E-state index in [1.807, 2.05) is 0 Å². The van der Waals surface area contributed by atoms with Crippen molar-refractivity contribution in [3.63, 3.8) is 0 Å². The lowest BCUT2D eigenvalue weighted by Gasteiger charge is -2.17. The third-order valence-electron chi connectivity index (χ3n) is 3.34. The largest absolute Gasteiger partial charge is 0.459 e. The molecule has 8 heteroatoms. The van der Waals surface area contributed by atoms with Crippen LogP contribution in [0.15, 0.2) is 48.5 Å². The highest BCUT2D eigenvalue weighted by Crippen LogP contribution is 2.08. The molecule has 0 bridgehead atoms. The van der Waals surface area contributed by atoms with Gasteiger partial charge >= 0.3 is 11.9 Å². The van der Waals surface area contributed by atoms with Gasteiger partial charge in [-0.1, -0.05) is 12.1 Å². The summed E-state index contributed by atoms with van der Waals surface area (Å²) in [6, 6.07) is 10.0. The first-order valence-corrected chi connectivity index (χ1v) is 7.95. The van der Waals surface area contributed by atoms with Gasteiger partial charge in [-0.15, -0.1) is 0 Å². The fraction of sp³-hybridized carbons (Fsp3) is 0.263. The van der Waals surface area contributed by atoms with Crippen LogP contribution in [-0.2, 0) is 18.9 Å². The Balaban J connectivity index is 1.90. The normalized spacial score (nSPS) is 10.7. The van der Waals surface area contributed by atoms with E-state index in [0.717, 1.165) is 12.1 Å². The van der Waals surface area contributed by atoms with E-state index in [2.05, 4.69) is 0 Å². The minimum absolute atomic E-state index is 0.0391. The molecule has 6 nitrogen and oxygen atoms in total. The maximum Gasteiger partial charge on any atom is 0.338 e. The summed E-state index contributed by atoms with van der Waals surface area (Å²) in [5.74, 6) is -2.64. The molecule has 0 atom stereocenters. The molecule has 0 fully saturated rings. The van der Waals surface area contributed by atoms with E-state index < -0.39 is 29.7 Å². The number of ether oxygens (including phenoxy) is 4. The monoisotopic (exact) mass is 380 g/mol. The summed E-state index contributed by atoms with van der Waals surface area (Å²) in [7, 11) is 1.40. The minimum atomic E-state index is -0.819. The second-order valence-corrected chi connectivity index (χ2v) is 5.41. The molecule has 2 aromatic carbocycles. The number of rotatable bonds is 9. The topological polar surface area (TPSA) is 71.1 Å². The Kier molecular flexibility index (Phi) is 7.84. The molecule has 0 saturated carbocycles. The van der Waals surface area contributed by atoms with Gasteiger partial charge in [0.2, 0.25) is 0 Å². The molecule has 0 radical (unpaired) electrons. The van der Waals surface area contributed by atoms with Crippen molar-refractivity contribution in [3.8, 4) is 0 Å². The fourth-order valence-corrected chi connectivity index (χ4v) is 2.04. The fourth-order valence-electron chi connectivity index (χ4n) is 2.04. The first kappa shape index (κ1) is 20.5. The van der Waals surface area contributed by atoms with Gasteiger partial charge in [0, 0.05) is 7.11 Å². The van der Waals surface area contributed by atoms with Crippen LogP contribution in [0.25, 0.3) is 0 Å². The molecule has 0 amide bonds. The lowest BCUT2D eigenvalue weighted by atomic mass is 10.2. The summed E-state index contributed by atoms with van der Waals surface area (Å²) in [5, 5.41) is 0. The summed E-state index contributed by atoms with van der Waals surface area (Å²) in [5.41, 5.74) is 0.0782. The van der Waals surface area contributed by atoms with Crippen LogP contribution in [-0.4, -0.2) is 45.2 Å². The van der Waals surface area contributed by atoms with Crippen LogP contribution < -0.4 is 0 Å². The van der Waals surface area contributed by atoms with Crippen LogP contribution in [0.3, 0.4) is 0 Å². The van der Waals surface area contributed by atoms with Gasteiger partial charge in [-0.25, -0.2) is 18.4 Å². The predicted octanol–water partition coefficient (Wildman–Crippen LogP) is 2.97. The van der Waals surface area contributed by atoms with E-state index in [9.17, 15) is 18.4 Å². The SMILES string of the molecule is COCOC(COC(=O)c1cccc(F)c1)COC(=O)c1cccc(F)c1. The first-order valence-electron chi connectivity index (χ1n) is 7.95. The summed E-state index contributed by atoms with van der Waals surface area (Å²) in [6.45, 7) is -0.635. The molecule has 2 aromatic rings. The molecular formula is C19H18F2O6. The zero-order valence-corrected chi connectivity index (χ0v) is 14.5. The average Bonchev–Trinajstić information content (AvgIpc) is 2.66. The summed E-state index contributed by atoms with van der Waals surface area (Å²) in [4.78, 5) is 23.9. The molecule has 0 aliphatic carbocycles. The van der Waals surface area contributed by atoms with Crippen molar-refractivity contribution in [1.29, 1.82) is 0 Å². The molecule has 0 N–H and O–H groups in total. The number of carbonyl (C=O) groups excluding carboxylic acids is 2. The lowest BCUT2D eigenvalue weighted by molar-refractivity contribution is -0.106. The lowest BCUT2D eigenvalue weighted by Crippen LogP contribution is -2.29. The van der Waals surface area contributed by atoms with Gasteiger partial charge in [-0.3, -0.25) is 0 Å². The predicted molar refractivity (Wildman–Crippen MR) is 90.1 cm³/mol. The third-order valence-corrected chi connectivity index (χ3v) is 3.34. The zero-order valence-electron chi connectivity index (χ0n) is 14.5. The molecule has 0 aromatic heterocycles. The number of hydrogen-bond donors (Lipinski definition) is 0. The number of carbonyl (C=O) groups is 2. The Morgan fingerprint density at radius 3 is 1.78 bits per heavy atom. The second kappa shape index (κ2) is 10.3. The molecule has 27 heavy (non-hydrogen) atoms. The van der Waals surface area contributed by atoms with Gasteiger partial charge in [-0.05, 0) is 36.4 Å². The summed E-state index contributed by atoms with van der Waals surface area (Å²) < 4.78 is 46.5. The number of hydrogen-bond acceptors (Lipinski definition) is 6. The number of benzene rings is 2. The van der Waals surface area contributed by atoms with Crippen molar-refractivity contribution in [1.82, 2.24) is 0 Å². The van der Waals surface area contributed by atoms with E-state index in [-0.39, 0.29) is 31.1 Å². The van der Waals surface area contributed by atoms with Crippen molar-refractivity contribution in [2.75, 3.05) is 27.1 Å². The highest BCUT2D eigenvalue weighted by Gasteiger charge is 2.18. The van der Waals surface area contributed by atoms with Gasteiger partial charge in [0.15, 0.2) is 0 Å². The van der Waals surface area contributed by atoms with E-state index in [4.69, 9.17) is 18.9 Å². The Bertz CT molecular complexity index is 719. The standard InChI is InChI=1S/C19H18F2O6/c1-24-12-27-17(10-25-18(22)13-4-2-6-15(20)8-13)11-26-19(23)14-5-3-7-16(21)9-14/h2-9,17H,10-12H2,1H3. The molecule has 144 valence electrons. The van der Waals surface area contributed by atoms with Crippen LogP contribution >= 0.6 is 0 Å². The molecule has 0 unspecified atom stereocenters. The first-order chi connectivity index (χ1) is 13.0. The number of halogens is 2. The Morgan fingerprint density at radius 1 is 0.889 bits per heavy atom. The Morgan fingerprint density at radius 2 is 1.37 bits per heavy atom. The minimum Gasteiger partial charge on any atom is -0.459 e. The van der Waals surface area contributed by atoms with E-state index in [1.54, 1.807) is 0 Å². The van der Waals surface area contributed by atoms with Crippen molar-refractivity contribution in [2.24, 2.45) is 0 Å². The van der Waals surface area contributed by atoms with E-state index in [1.165, 1.54) is 43.5 Å². The molecule has 0 spiro atoms. The maximum atomic E-state index is 13.2. The quantitative estimate of drug-likeness (QED) is 0.492. The molecule has 2 rings (SSSR count). The van der Waals surface area contributed by atoms with E-state index in [0.29, 0.717) is 0 Å². The van der Waals surface area contributed by atoms with Gasteiger partial charge in [0.05, 0.1) is 11.1 Å². The van der Waals surface area contributed by atoms with Crippen molar-refractivity contribution in [3.05, 3.63) is 71.3 Å². The third kappa shape index (κ3) is 6.76. The second-order valence-electron chi connectivity index (χ2n) is 5.41. The van der Waals surface area contributed by atoms with Crippen LogP contribution in [0, 0.1) is 11.6 Å². The maximum absolute atomic E-state index is 13.2. The van der Waals surface area contributed by atoms with Gasteiger partial charge < -0.3 is 18.9 Å². The Hall–Kier alpha value is -2.84. The van der Waals surface area contributed by atoms with Gasteiger partial charge in [-0.2, -0.15) is 0 Å². The van der Waals surface area contributed by atoms with Crippen molar-refractivity contribution < 1.29 is 37.3 Å². The average molecular weight is 380 g/mol. The molecular weight excluding hydrogens is 362 g/mol. The zero-order chi connectivity index (χ0) is 19.6.